The van der Waals surface area contributed by atoms with Crippen molar-refractivity contribution in [2.75, 3.05) is 12.0 Å². The molecule has 0 bridgehead atoms. The maximum absolute atomic E-state index is 13.9. The molecule has 3 aromatic rings. The smallest absolute Gasteiger partial charge is 0.275 e. The van der Waals surface area contributed by atoms with Gasteiger partial charge in [-0.05, 0) is 61.4 Å². The van der Waals surface area contributed by atoms with Crippen molar-refractivity contribution in [3.63, 3.8) is 0 Å². The van der Waals surface area contributed by atoms with E-state index in [2.05, 4.69) is 12.2 Å². The summed E-state index contributed by atoms with van der Waals surface area (Å²) in [6, 6.07) is 9.27. The van der Waals surface area contributed by atoms with Crippen LogP contribution in [0.4, 0.5) is 5.69 Å². The van der Waals surface area contributed by atoms with Crippen LogP contribution in [0.15, 0.2) is 35.7 Å². The second kappa shape index (κ2) is 8.37. The molecule has 1 N–H and O–H groups in total. The number of ether oxygens (including phenoxy) is 1. The summed E-state index contributed by atoms with van der Waals surface area (Å²) in [4.78, 5) is 29.4. The molecule has 2 amide bonds. The van der Waals surface area contributed by atoms with E-state index in [4.69, 9.17) is 16.3 Å². The second-order valence-corrected chi connectivity index (χ2v) is 10.7. The highest BCUT2D eigenvalue weighted by atomic mass is 35.5. The second-order valence-electron chi connectivity index (χ2n) is 9.36. The molecule has 8 heteroatoms. The van der Waals surface area contributed by atoms with E-state index in [0.717, 1.165) is 29.5 Å². The lowest BCUT2D eigenvalue weighted by Crippen LogP contribution is -2.65. The molecule has 1 aromatic carbocycles. The average molecular weight is 486 g/mol. The molecule has 6 nitrogen and oxygen atoms in total. The van der Waals surface area contributed by atoms with E-state index in [-0.39, 0.29) is 17.9 Å². The predicted molar refractivity (Wildman–Crippen MR) is 133 cm³/mol. The Bertz CT molecular complexity index is 1230. The summed E-state index contributed by atoms with van der Waals surface area (Å²) in [5.41, 5.74) is 1.03. The van der Waals surface area contributed by atoms with Crippen LogP contribution in [0.5, 0.6) is 5.75 Å². The first-order valence-electron chi connectivity index (χ1n) is 11.4. The number of hydrogen-bond acceptors (Lipinski definition) is 4. The van der Waals surface area contributed by atoms with Gasteiger partial charge in [0.2, 0.25) is 5.91 Å². The van der Waals surface area contributed by atoms with Crippen molar-refractivity contribution in [3.8, 4) is 5.75 Å². The highest BCUT2D eigenvalue weighted by Crippen LogP contribution is 2.39. The lowest BCUT2D eigenvalue weighted by Gasteiger charge is -2.45. The lowest BCUT2D eigenvalue weighted by molar-refractivity contribution is -0.127. The van der Waals surface area contributed by atoms with E-state index >= 15 is 0 Å². The average Bonchev–Trinajstić information content (AvgIpc) is 3.38. The van der Waals surface area contributed by atoms with Crippen molar-refractivity contribution in [3.05, 3.63) is 46.4 Å². The van der Waals surface area contributed by atoms with Gasteiger partial charge >= 0.3 is 0 Å². The van der Waals surface area contributed by atoms with E-state index in [9.17, 15) is 9.59 Å². The summed E-state index contributed by atoms with van der Waals surface area (Å²) >= 11 is 8.02. The molecule has 1 aliphatic heterocycles. The minimum Gasteiger partial charge on any atom is -0.495 e. The van der Waals surface area contributed by atoms with E-state index in [1.54, 1.807) is 41.5 Å². The maximum atomic E-state index is 13.9. The van der Waals surface area contributed by atoms with Crippen LogP contribution in [0.2, 0.25) is 5.02 Å². The SMILES string of the molecule is COc1ccc(N2C(=O)c3cc4sccc4n3C[C@]2(C)C(=O)N[C@@H]2CCCC[C@@H]2C)cc1Cl. The fraction of sp³-hybridized carbons (Fsp3) is 0.440. The molecule has 0 radical (unpaired) electrons. The van der Waals surface area contributed by atoms with Gasteiger partial charge in [0.25, 0.3) is 5.91 Å². The van der Waals surface area contributed by atoms with Gasteiger partial charge in [-0.25, -0.2) is 0 Å². The molecule has 5 rings (SSSR count). The molecule has 1 saturated carbocycles. The van der Waals surface area contributed by atoms with E-state index in [0.29, 0.717) is 34.6 Å². The van der Waals surface area contributed by atoms with Crippen LogP contribution in [-0.2, 0) is 11.3 Å². The molecule has 1 aliphatic carbocycles. The van der Waals surface area contributed by atoms with E-state index < -0.39 is 5.54 Å². The number of rotatable bonds is 4. The quantitative estimate of drug-likeness (QED) is 0.532. The van der Waals surface area contributed by atoms with Crippen molar-refractivity contribution in [2.24, 2.45) is 5.92 Å². The van der Waals surface area contributed by atoms with Gasteiger partial charge < -0.3 is 14.6 Å². The molecule has 174 valence electrons. The summed E-state index contributed by atoms with van der Waals surface area (Å²) in [5, 5.41) is 5.71. The Hall–Kier alpha value is -2.51. The van der Waals surface area contributed by atoms with Gasteiger partial charge in [-0.2, -0.15) is 0 Å². The number of carbonyl (C=O) groups excluding carboxylic acids is 2. The zero-order valence-electron chi connectivity index (χ0n) is 19.1. The van der Waals surface area contributed by atoms with Crippen LogP contribution in [0.3, 0.4) is 0 Å². The number of carbonyl (C=O) groups is 2. The van der Waals surface area contributed by atoms with Crippen molar-refractivity contribution >= 4 is 50.7 Å². The number of anilines is 1. The first-order valence-corrected chi connectivity index (χ1v) is 12.6. The van der Waals surface area contributed by atoms with Crippen molar-refractivity contribution in [2.45, 2.75) is 57.7 Å². The zero-order chi connectivity index (χ0) is 23.3. The third kappa shape index (κ3) is 3.62. The number of methoxy groups -OCH3 is 1. The van der Waals surface area contributed by atoms with E-state index in [1.807, 2.05) is 29.0 Å². The number of amides is 2. The molecular weight excluding hydrogens is 458 g/mol. The first-order chi connectivity index (χ1) is 15.8. The normalized spacial score (nSPS) is 25.2. The standard InChI is InChI=1S/C25H28ClN3O3S/c1-15-6-4-5-7-18(15)27-24(31)25(2)14-28-19-10-11-33-22(19)13-20(28)23(30)29(25)16-8-9-21(32-3)17(26)12-16/h8-13,15,18H,4-7,14H2,1-3H3,(H,27,31)/t15-,18+,25+/m0/s1. The zero-order valence-corrected chi connectivity index (χ0v) is 20.6. The Morgan fingerprint density at radius 1 is 1.24 bits per heavy atom. The number of benzene rings is 1. The number of aromatic nitrogens is 1. The summed E-state index contributed by atoms with van der Waals surface area (Å²) < 4.78 is 8.32. The third-order valence-corrected chi connectivity index (χ3v) is 8.36. The van der Waals surface area contributed by atoms with Gasteiger partial charge in [-0.15, -0.1) is 11.3 Å². The topological polar surface area (TPSA) is 63.6 Å². The van der Waals surface area contributed by atoms with Crippen molar-refractivity contribution < 1.29 is 14.3 Å². The number of fused-ring (bicyclic) bond motifs is 3. The highest BCUT2D eigenvalue weighted by Gasteiger charge is 2.49. The molecule has 1 fully saturated rings. The lowest BCUT2D eigenvalue weighted by atomic mass is 9.84. The van der Waals surface area contributed by atoms with Crippen LogP contribution >= 0.6 is 22.9 Å². The Morgan fingerprint density at radius 2 is 2.03 bits per heavy atom. The predicted octanol–water partition coefficient (Wildman–Crippen LogP) is 5.48. The fourth-order valence-electron chi connectivity index (χ4n) is 5.27. The monoisotopic (exact) mass is 485 g/mol. The van der Waals surface area contributed by atoms with Crippen LogP contribution < -0.4 is 15.0 Å². The molecule has 3 heterocycles. The number of thiophene rings is 1. The Labute approximate surface area is 202 Å². The van der Waals surface area contributed by atoms with Crippen molar-refractivity contribution in [1.29, 1.82) is 0 Å². The maximum Gasteiger partial charge on any atom is 0.275 e. The summed E-state index contributed by atoms with van der Waals surface area (Å²) in [6.07, 6.45) is 4.38. The minimum atomic E-state index is -1.12. The summed E-state index contributed by atoms with van der Waals surface area (Å²) in [5.74, 6) is 0.598. The van der Waals surface area contributed by atoms with Crippen LogP contribution in [0.1, 0.15) is 50.0 Å². The minimum absolute atomic E-state index is 0.117. The molecular formula is C25H28ClN3O3S. The Morgan fingerprint density at radius 3 is 2.76 bits per heavy atom. The fourth-order valence-corrected chi connectivity index (χ4v) is 6.34. The molecule has 0 unspecified atom stereocenters. The number of halogens is 1. The molecule has 3 atom stereocenters. The van der Waals surface area contributed by atoms with Gasteiger partial charge in [0.1, 0.15) is 17.0 Å². The first kappa shape index (κ1) is 22.3. The van der Waals surface area contributed by atoms with Crippen LogP contribution in [0, 0.1) is 5.92 Å². The highest BCUT2D eigenvalue weighted by molar-refractivity contribution is 7.17. The third-order valence-electron chi connectivity index (χ3n) is 7.22. The van der Waals surface area contributed by atoms with Gasteiger partial charge in [0.05, 0.1) is 28.9 Å². The number of nitrogens with one attached hydrogen (secondary N) is 1. The van der Waals surface area contributed by atoms with Gasteiger partial charge in [0, 0.05) is 11.7 Å². The Kier molecular flexibility index (Phi) is 5.65. The van der Waals surface area contributed by atoms with Gasteiger partial charge in [0.15, 0.2) is 0 Å². The molecule has 0 spiro atoms. The van der Waals surface area contributed by atoms with E-state index in [1.165, 1.54) is 6.42 Å². The van der Waals surface area contributed by atoms with Gasteiger partial charge in [-0.1, -0.05) is 31.4 Å². The van der Waals surface area contributed by atoms with Gasteiger partial charge in [-0.3, -0.25) is 14.5 Å². The largest absolute Gasteiger partial charge is 0.495 e. The Balaban J connectivity index is 1.60. The molecule has 2 aromatic heterocycles. The number of nitrogens with zero attached hydrogens (tertiary/aromatic N) is 2. The molecule has 33 heavy (non-hydrogen) atoms. The summed E-state index contributed by atoms with van der Waals surface area (Å²) in [7, 11) is 1.55. The van der Waals surface area contributed by atoms with Crippen LogP contribution in [0.25, 0.3) is 10.2 Å². The molecule has 2 aliphatic rings. The summed E-state index contributed by atoms with van der Waals surface area (Å²) in [6.45, 7) is 4.41. The van der Waals surface area contributed by atoms with Crippen molar-refractivity contribution in [1.82, 2.24) is 9.88 Å². The van der Waals surface area contributed by atoms with Crippen LogP contribution in [-0.4, -0.2) is 35.1 Å². The molecule has 0 saturated heterocycles. The number of hydrogen-bond donors (Lipinski definition) is 1.